The lowest BCUT2D eigenvalue weighted by Crippen LogP contribution is -1.95. The zero-order valence-electron chi connectivity index (χ0n) is 8.88. The first-order chi connectivity index (χ1) is 8.13. The van der Waals surface area contributed by atoms with E-state index < -0.39 is 5.82 Å². The first kappa shape index (κ1) is 12.6. The Morgan fingerprint density at radius 2 is 1.76 bits per heavy atom. The molecule has 0 heterocycles. The molecule has 0 aromatic heterocycles. The molecule has 0 bridgehead atoms. The van der Waals surface area contributed by atoms with Crippen molar-refractivity contribution < 1.29 is 4.39 Å². The van der Waals surface area contributed by atoms with Gasteiger partial charge in [-0.25, -0.2) is 4.39 Å². The van der Waals surface area contributed by atoms with Crippen molar-refractivity contribution in [3.8, 4) is 11.1 Å². The van der Waals surface area contributed by atoms with E-state index in [9.17, 15) is 4.39 Å². The van der Waals surface area contributed by atoms with E-state index in [0.717, 1.165) is 11.1 Å². The van der Waals surface area contributed by atoms with Crippen molar-refractivity contribution in [2.45, 2.75) is 6.54 Å². The number of benzene rings is 2. The van der Waals surface area contributed by atoms with Crippen LogP contribution in [0.3, 0.4) is 0 Å². The van der Waals surface area contributed by atoms with Gasteiger partial charge >= 0.3 is 0 Å². The van der Waals surface area contributed by atoms with Gasteiger partial charge in [0.25, 0.3) is 0 Å². The zero-order chi connectivity index (χ0) is 12.4. The summed E-state index contributed by atoms with van der Waals surface area (Å²) in [6, 6.07) is 10.9. The van der Waals surface area contributed by atoms with Crippen LogP contribution in [0.4, 0.5) is 4.39 Å². The normalized spacial score (nSPS) is 10.6. The highest BCUT2D eigenvalue weighted by Gasteiger charge is 2.11. The van der Waals surface area contributed by atoms with Gasteiger partial charge in [0.15, 0.2) is 5.82 Å². The van der Waals surface area contributed by atoms with E-state index in [-0.39, 0.29) is 5.02 Å². The molecular formula is C13H10BrClFN. The second-order valence-corrected chi connectivity index (χ2v) is 4.86. The summed E-state index contributed by atoms with van der Waals surface area (Å²) in [6.45, 7) is 0.476. The van der Waals surface area contributed by atoms with Crippen LogP contribution in [0.1, 0.15) is 5.56 Å². The summed E-state index contributed by atoms with van der Waals surface area (Å²) in [7, 11) is 0. The third-order valence-electron chi connectivity index (χ3n) is 2.54. The van der Waals surface area contributed by atoms with Gasteiger partial charge in [-0.1, -0.05) is 41.9 Å². The fourth-order valence-electron chi connectivity index (χ4n) is 1.57. The molecule has 0 amide bonds. The van der Waals surface area contributed by atoms with Crippen LogP contribution in [0.5, 0.6) is 0 Å². The van der Waals surface area contributed by atoms with Gasteiger partial charge < -0.3 is 5.73 Å². The van der Waals surface area contributed by atoms with E-state index in [1.165, 1.54) is 0 Å². The fraction of sp³-hybridized carbons (Fsp3) is 0.0769. The minimum atomic E-state index is -0.415. The van der Waals surface area contributed by atoms with Gasteiger partial charge in [0, 0.05) is 16.6 Å². The first-order valence-electron chi connectivity index (χ1n) is 5.06. The predicted octanol–water partition coefficient (Wildman–Crippen LogP) is 4.37. The van der Waals surface area contributed by atoms with Crippen molar-refractivity contribution in [1.82, 2.24) is 0 Å². The summed E-state index contributed by atoms with van der Waals surface area (Å²) in [5, 5.41) is 0.102. The van der Waals surface area contributed by atoms with Crippen LogP contribution in [0, 0.1) is 5.82 Å². The molecule has 0 saturated carbocycles. The Kier molecular flexibility index (Phi) is 3.82. The van der Waals surface area contributed by atoms with Crippen molar-refractivity contribution in [2.75, 3.05) is 0 Å². The average Bonchev–Trinajstić information content (AvgIpc) is 2.36. The minimum Gasteiger partial charge on any atom is -0.326 e. The summed E-state index contributed by atoms with van der Waals surface area (Å²) in [5.74, 6) is -0.415. The van der Waals surface area contributed by atoms with Gasteiger partial charge in [-0.05, 0) is 33.1 Å². The van der Waals surface area contributed by atoms with Crippen LogP contribution in [-0.4, -0.2) is 0 Å². The summed E-state index contributed by atoms with van der Waals surface area (Å²) < 4.78 is 14.5. The second-order valence-electron chi connectivity index (χ2n) is 3.62. The quantitative estimate of drug-likeness (QED) is 0.819. The van der Waals surface area contributed by atoms with E-state index in [2.05, 4.69) is 15.9 Å². The highest BCUT2D eigenvalue weighted by atomic mass is 79.9. The maximum absolute atomic E-state index is 13.9. The maximum atomic E-state index is 13.9. The summed E-state index contributed by atoms with van der Waals surface area (Å²) in [4.78, 5) is 0. The molecule has 0 aliphatic heterocycles. The summed E-state index contributed by atoms with van der Waals surface area (Å²) in [5.41, 5.74) is 7.80. The van der Waals surface area contributed by atoms with Crippen LogP contribution in [0.15, 0.2) is 40.9 Å². The molecule has 0 aliphatic rings. The Hall–Kier alpha value is -0.900. The van der Waals surface area contributed by atoms with Crippen molar-refractivity contribution in [2.24, 2.45) is 5.73 Å². The zero-order valence-corrected chi connectivity index (χ0v) is 11.2. The molecule has 17 heavy (non-hydrogen) atoms. The van der Waals surface area contributed by atoms with Crippen LogP contribution in [0.2, 0.25) is 5.02 Å². The third-order valence-corrected chi connectivity index (χ3v) is 3.79. The Balaban J connectivity index is 2.49. The number of halogens is 3. The van der Waals surface area contributed by atoms with Crippen LogP contribution in [0.25, 0.3) is 11.1 Å². The molecule has 0 radical (unpaired) electrons. The van der Waals surface area contributed by atoms with E-state index in [0.29, 0.717) is 16.6 Å². The minimum absolute atomic E-state index is 0.102. The van der Waals surface area contributed by atoms with Gasteiger partial charge in [0.05, 0.1) is 5.02 Å². The van der Waals surface area contributed by atoms with Crippen molar-refractivity contribution in [1.29, 1.82) is 0 Å². The monoisotopic (exact) mass is 313 g/mol. The molecule has 0 aliphatic carbocycles. The molecule has 0 saturated heterocycles. The number of hydrogen-bond donors (Lipinski definition) is 1. The van der Waals surface area contributed by atoms with Gasteiger partial charge in [0.2, 0.25) is 0 Å². The molecule has 2 aromatic carbocycles. The van der Waals surface area contributed by atoms with Crippen molar-refractivity contribution >= 4 is 27.5 Å². The molecule has 2 N–H and O–H groups in total. The number of rotatable bonds is 2. The first-order valence-corrected chi connectivity index (χ1v) is 6.23. The average molecular weight is 315 g/mol. The molecular weight excluding hydrogens is 305 g/mol. The molecule has 0 fully saturated rings. The van der Waals surface area contributed by atoms with Crippen molar-refractivity contribution in [3.05, 3.63) is 57.3 Å². The van der Waals surface area contributed by atoms with Crippen LogP contribution >= 0.6 is 27.5 Å². The lowest BCUT2D eigenvalue weighted by Gasteiger charge is -2.07. The SMILES string of the molecule is NCc1ccc(-c2ccc(Br)c(Cl)c2F)cc1. The smallest absolute Gasteiger partial charge is 0.150 e. The van der Waals surface area contributed by atoms with Gasteiger partial charge in [-0.3, -0.25) is 0 Å². The highest BCUT2D eigenvalue weighted by Crippen LogP contribution is 2.32. The predicted molar refractivity (Wildman–Crippen MR) is 72.4 cm³/mol. The van der Waals surface area contributed by atoms with Crippen molar-refractivity contribution in [3.63, 3.8) is 0 Å². The molecule has 0 unspecified atom stereocenters. The topological polar surface area (TPSA) is 26.0 Å². The second kappa shape index (κ2) is 5.17. The highest BCUT2D eigenvalue weighted by molar-refractivity contribution is 9.10. The molecule has 2 aromatic rings. The van der Waals surface area contributed by atoms with Crippen LogP contribution in [-0.2, 0) is 6.54 Å². The lowest BCUT2D eigenvalue weighted by atomic mass is 10.0. The summed E-state index contributed by atoms with van der Waals surface area (Å²) >= 11 is 9.04. The van der Waals surface area contributed by atoms with E-state index in [4.69, 9.17) is 17.3 Å². The standard InChI is InChI=1S/C13H10BrClFN/c14-11-6-5-10(13(16)12(11)15)9-3-1-8(7-17)2-4-9/h1-6H,7,17H2. The van der Waals surface area contributed by atoms with E-state index >= 15 is 0 Å². The number of hydrogen-bond acceptors (Lipinski definition) is 1. The molecule has 4 heteroatoms. The Morgan fingerprint density at radius 1 is 1.12 bits per heavy atom. The summed E-state index contributed by atoms with van der Waals surface area (Å²) in [6.07, 6.45) is 0. The molecule has 0 atom stereocenters. The fourth-order valence-corrected chi connectivity index (χ4v) is 2.04. The van der Waals surface area contributed by atoms with E-state index in [1.807, 2.05) is 24.3 Å². The molecule has 1 nitrogen and oxygen atoms in total. The Bertz CT molecular complexity index is 540. The lowest BCUT2D eigenvalue weighted by molar-refractivity contribution is 0.631. The van der Waals surface area contributed by atoms with Crippen LogP contribution < -0.4 is 5.73 Å². The third kappa shape index (κ3) is 2.51. The largest absolute Gasteiger partial charge is 0.326 e. The maximum Gasteiger partial charge on any atom is 0.150 e. The van der Waals surface area contributed by atoms with Gasteiger partial charge in [-0.2, -0.15) is 0 Å². The van der Waals surface area contributed by atoms with Gasteiger partial charge in [0.1, 0.15) is 0 Å². The number of nitrogens with two attached hydrogens (primary N) is 1. The van der Waals surface area contributed by atoms with Gasteiger partial charge in [-0.15, -0.1) is 0 Å². The Morgan fingerprint density at radius 3 is 2.35 bits per heavy atom. The molecule has 2 rings (SSSR count). The Labute approximate surface area is 113 Å². The van der Waals surface area contributed by atoms with E-state index in [1.54, 1.807) is 12.1 Å². The molecule has 88 valence electrons. The molecule has 0 spiro atoms.